The zero-order valence-electron chi connectivity index (χ0n) is 6.53. The minimum absolute atomic E-state index is 0.869. The molecule has 0 amide bonds. The van der Waals surface area contributed by atoms with Crippen LogP contribution in [0.4, 0.5) is 0 Å². The molecule has 0 aliphatic rings. The first-order valence-electron chi connectivity index (χ1n) is 3.69. The number of hydrogen-bond acceptors (Lipinski definition) is 2. The Hall–Kier alpha value is -1.15. The molecule has 1 aromatic carbocycles. The summed E-state index contributed by atoms with van der Waals surface area (Å²) in [4.78, 5) is 4.29. The molecule has 1 aromatic heterocycles. The highest BCUT2D eigenvalue weighted by molar-refractivity contribution is 7.10. The molecule has 2 aromatic rings. The molecule has 0 saturated carbocycles. The van der Waals surface area contributed by atoms with Gasteiger partial charge in [0, 0.05) is 17.9 Å². The highest BCUT2D eigenvalue weighted by atomic mass is 32.1. The lowest BCUT2D eigenvalue weighted by Crippen LogP contribution is -1.75. The Labute approximate surface area is 75.7 Å². The first-order valence-corrected chi connectivity index (χ1v) is 4.57. The summed E-state index contributed by atoms with van der Waals surface area (Å²) in [6.45, 7) is 3.77. The molecular weight excluding hydrogens is 166 g/mol. The monoisotopic (exact) mass is 174 g/mol. The van der Waals surface area contributed by atoms with Gasteiger partial charge in [0.1, 0.15) is 0 Å². The lowest BCUT2D eigenvalue weighted by molar-refractivity contribution is 1.36. The molecule has 59 valence electrons. The van der Waals surface area contributed by atoms with Gasteiger partial charge in [0.25, 0.3) is 0 Å². The van der Waals surface area contributed by atoms with Crippen LogP contribution in [0, 0.1) is 6.92 Å². The van der Waals surface area contributed by atoms with Crippen molar-refractivity contribution in [3.05, 3.63) is 47.6 Å². The van der Waals surface area contributed by atoms with Gasteiger partial charge in [-0.2, -0.15) is 0 Å². The minimum Gasteiger partial charge on any atom is -0.241 e. The maximum atomic E-state index is 4.29. The Morgan fingerprint density at radius 1 is 1.17 bits per heavy atom. The fraction of sp³-hybridized carbons (Fsp3) is 0. The Kier molecular flexibility index (Phi) is 1.92. The molecule has 1 radical (unpaired) electrons. The van der Waals surface area contributed by atoms with Gasteiger partial charge in [0.15, 0.2) is 0 Å². The van der Waals surface area contributed by atoms with Gasteiger partial charge in [-0.25, -0.2) is 4.98 Å². The number of hydrogen-bond donors (Lipinski definition) is 0. The summed E-state index contributed by atoms with van der Waals surface area (Å²) in [5, 5.41) is 2.89. The van der Waals surface area contributed by atoms with Crippen LogP contribution >= 0.6 is 11.3 Å². The summed E-state index contributed by atoms with van der Waals surface area (Å²) in [5.41, 5.74) is 2.18. The summed E-state index contributed by atoms with van der Waals surface area (Å²) in [5.74, 6) is 0. The molecule has 1 heterocycles. The number of thiazole rings is 1. The van der Waals surface area contributed by atoms with E-state index in [0.29, 0.717) is 0 Å². The standard InChI is InChI=1S/C10H8NS/c1-8-11-10(7-12-8)9-5-3-2-4-6-9/h2-7H,1H2. The predicted octanol–water partition coefficient (Wildman–Crippen LogP) is 2.99. The van der Waals surface area contributed by atoms with Crippen molar-refractivity contribution < 1.29 is 0 Å². The van der Waals surface area contributed by atoms with E-state index < -0.39 is 0 Å². The number of benzene rings is 1. The van der Waals surface area contributed by atoms with E-state index in [0.717, 1.165) is 16.3 Å². The van der Waals surface area contributed by atoms with Crippen molar-refractivity contribution in [3.63, 3.8) is 0 Å². The largest absolute Gasteiger partial charge is 0.241 e. The van der Waals surface area contributed by atoms with Crippen LogP contribution in [0.5, 0.6) is 0 Å². The van der Waals surface area contributed by atoms with Crippen LogP contribution in [-0.4, -0.2) is 4.98 Å². The number of aromatic nitrogens is 1. The molecule has 12 heavy (non-hydrogen) atoms. The van der Waals surface area contributed by atoms with Gasteiger partial charge in [-0.1, -0.05) is 30.3 Å². The van der Waals surface area contributed by atoms with Gasteiger partial charge in [0.05, 0.1) is 10.7 Å². The van der Waals surface area contributed by atoms with Crippen LogP contribution in [0.1, 0.15) is 5.01 Å². The first kappa shape index (κ1) is 7.50. The van der Waals surface area contributed by atoms with E-state index in [4.69, 9.17) is 0 Å². The van der Waals surface area contributed by atoms with Gasteiger partial charge >= 0.3 is 0 Å². The Bertz CT molecular complexity index is 364. The summed E-state index contributed by atoms with van der Waals surface area (Å²) in [6.07, 6.45) is 0. The quantitative estimate of drug-likeness (QED) is 0.647. The van der Waals surface area contributed by atoms with Crippen LogP contribution < -0.4 is 0 Å². The average molecular weight is 174 g/mol. The van der Waals surface area contributed by atoms with Gasteiger partial charge in [-0.05, 0) is 0 Å². The van der Waals surface area contributed by atoms with Crippen LogP contribution in [-0.2, 0) is 0 Å². The van der Waals surface area contributed by atoms with Crippen LogP contribution in [0.3, 0.4) is 0 Å². The van der Waals surface area contributed by atoms with Crippen LogP contribution in [0.15, 0.2) is 35.7 Å². The molecule has 1 nitrogen and oxygen atoms in total. The zero-order valence-corrected chi connectivity index (χ0v) is 7.34. The molecule has 0 aliphatic heterocycles. The molecule has 0 N–H and O–H groups in total. The van der Waals surface area contributed by atoms with Crippen LogP contribution in [0.25, 0.3) is 11.3 Å². The highest BCUT2D eigenvalue weighted by Gasteiger charge is 1.99. The average Bonchev–Trinajstić information content (AvgIpc) is 2.54. The summed E-state index contributed by atoms with van der Waals surface area (Å²) in [7, 11) is 0. The summed E-state index contributed by atoms with van der Waals surface area (Å²) >= 11 is 1.58. The van der Waals surface area contributed by atoms with Crippen LogP contribution in [0.2, 0.25) is 0 Å². The molecule has 0 unspecified atom stereocenters. The second kappa shape index (κ2) is 3.07. The van der Waals surface area contributed by atoms with E-state index in [1.54, 1.807) is 11.3 Å². The van der Waals surface area contributed by atoms with Crippen molar-refractivity contribution in [1.82, 2.24) is 4.98 Å². The molecule has 0 aliphatic carbocycles. The van der Waals surface area contributed by atoms with Gasteiger partial charge in [0.2, 0.25) is 0 Å². The summed E-state index contributed by atoms with van der Waals surface area (Å²) in [6, 6.07) is 10.1. The van der Waals surface area contributed by atoms with Crippen molar-refractivity contribution in [2.45, 2.75) is 0 Å². The van der Waals surface area contributed by atoms with E-state index in [-0.39, 0.29) is 0 Å². The Morgan fingerprint density at radius 2 is 1.92 bits per heavy atom. The van der Waals surface area contributed by atoms with E-state index in [2.05, 4.69) is 24.0 Å². The Balaban J connectivity index is 2.45. The predicted molar refractivity (Wildman–Crippen MR) is 52.0 cm³/mol. The molecular formula is C10H8NS. The fourth-order valence-electron chi connectivity index (χ4n) is 1.05. The van der Waals surface area contributed by atoms with E-state index in [1.807, 2.05) is 23.6 Å². The van der Waals surface area contributed by atoms with Crippen molar-refractivity contribution in [2.75, 3.05) is 0 Å². The molecule has 0 spiro atoms. The number of nitrogens with zero attached hydrogens (tertiary/aromatic N) is 1. The first-order chi connectivity index (χ1) is 5.86. The molecule has 0 atom stereocenters. The molecule has 2 rings (SSSR count). The SMILES string of the molecule is [CH2]c1nc(-c2ccccc2)cs1. The third-order valence-electron chi connectivity index (χ3n) is 1.62. The molecule has 0 fully saturated rings. The van der Waals surface area contributed by atoms with Crippen molar-refractivity contribution >= 4 is 11.3 Å². The van der Waals surface area contributed by atoms with Crippen molar-refractivity contribution in [1.29, 1.82) is 0 Å². The normalized spacial score (nSPS) is 10.1. The van der Waals surface area contributed by atoms with Gasteiger partial charge in [-0.15, -0.1) is 11.3 Å². The van der Waals surface area contributed by atoms with E-state index in [1.165, 1.54) is 0 Å². The maximum absolute atomic E-state index is 4.29. The molecule has 0 bridgehead atoms. The van der Waals surface area contributed by atoms with Gasteiger partial charge in [-0.3, -0.25) is 0 Å². The maximum Gasteiger partial charge on any atom is 0.0936 e. The highest BCUT2D eigenvalue weighted by Crippen LogP contribution is 2.20. The number of rotatable bonds is 1. The second-order valence-electron chi connectivity index (χ2n) is 2.49. The third kappa shape index (κ3) is 1.38. The fourth-order valence-corrected chi connectivity index (χ4v) is 1.64. The topological polar surface area (TPSA) is 12.9 Å². The third-order valence-corrected chi connectivity index (χ3v) is 2.33. The molecule has 2 heteroatoms. The van der Waals surface area contributed by atoms with Gasteiger partial charge < -0.3 is 0 Å². The van der Waals surface area contributed by atoms with Crippen molar-refractivity contribution in [3.8, 4) is 11.3 Å². The second-order valence-corrected chi connectivity index (χ2v) is 3.44. The lowest BCUT2D eigenvalue weighted by atomic mass is 10.2. The van der Waals surface area contributed by atoms with E-state index in [9.17, 15) is 0 Å². The smallest absolute Gasteiger partial charge is 0.0936 e. The van der Waals surface area contributed by atoms with Crippen molar-refractivity contribution in [2.24, 2.45) is 0 Å². The minimum atomic E-state index is 0.869. The lowest BCUT2D eigenvalue weighted by Gasteiger charge is -1.92. The zero-order chi connectivity index (χ0) is 8.39. The molecule has 0 saturated heterocycles. The summed E-state index contributed by atoms with van der Waals surface area (Å²) < 4.78 is 0. The Morgan fingerprint density at radius 3 is 2.50 bits per heavy atom. The van der Waals surface area contributed by atoms with E-state index >= 15 is 0 Å².